The van der Waals surface area contributed by atoms with E-state index in [1.165, 1.54) is 35.9 Å². The first kappa shape index (κ1) is 23.4. The van der Waals surface area contributed by atoms with E-state index in [4.69, 9.17) is 19.7 Å². The van der Waals surface area contributed by atoms with Gasteiger partial charge in [0.15, 0.2) is 23.3 Å². The van der Waals surface area contributed by atoms with E-state index in [1.807, 2.05) is 0 Å². The number of amidine groups is 1. The van der Waals surface area contributed by atoms with Crippen molar-refractivity contribution in [1.29, 1.82) is 0 Å². The molecular weight excluding hydrogens is 504 g/mol. The zero-order valence-electron chi connectivity index (χ0n) is 16.9. The van der Waals surface area contributed by atoms with Crippen LogP contribution in [-0.2, 0) is 9.59 Å². The molecule has 0 atom stereocenters. The third kappa shape index (κ3) is 5.29. The molecule has 2 aromatic rings. The number of methoxy groups -OCH3 is 1. The van der Waals surface area contributed by atoms with Gasteiger partial charge in [0.1, 0.15) is 0 Å². The molecule has 2 N–H and O–H groups in total. The Morgan fingerprint density at radius 2 is 1.88 bits per heavy atom. The molecule has 0 saturated carbocycles. The number of hydrogen-bond donors (Lipinski definition) is 2. The number of hydrogen-bond acceptors (Lipinski definition) is 7. The van der Waals surface area contributed by atoms with Crippen LogP contribution in [0.1, 0.15) is 15.9 Å². The molecule has 0 bridgehead atoms. The monoisotopic (exact) mass is 520 g/mol. The molecule has 166 valence electrons. The molecule has 2 aromatic carbocycles. The number of carbonyl (C=O) groups is 3. The average molecular weight is 521 g/mol. The molecule has 0 spiro atoms. The highest BCUT2D eigenvalue weighted by molar-refractivity contribution is 9.10. The summed E-state index contributed by atoms with van der Waals surface area (Å²) < 4.78 is 11.1. The maximum atomic E-state index is 12.7. The molecule has 1 aliphatic rings. The fourth-order valence-electron chi connectivity index (χ4n) is 2.66. The van der Waals surface area contributed by atoms with Crippen molar-refractivity contribution < 1.29 is 34.1 Å². The van der Waals surface area contributed by atoms with Crippen molar-refractivity contribution in [3.8, 4) is 11.5 Å². The Hall–Kier alpha value is -3.31. The number of likely N-dealkylation sites (N-methyl/N-ethyl adjacent to an activating group) is 1. The third-order valence-electron chi connectivity index (χ3n) is 4.26. The van der Waals surface area contributed by atoms with E-state index >= 15 is 0 Å². The Kier molecular flexibility index (Phi) is 7.21. The summed E-state index contributed by atoms with van der Waals surface area (Å²) in [6, 6.07) is 9.21. The van der Waals surface area contributed by atoms with Gasteiger partial charge >= 0.3 is 11.9 Å². The van der Waals surface area contributed by atoms with Crippen molar-refractivity contribution >= 4 is 62.5 Å². The van der Waals surface area contributed by atoms with E-state index < -0.39 is 18.5 Å². The lowest BCUT2D eigenvalue weighted by Gasteiger charge is -2.11. The first-order valence-electron chi connectivity index (χ1n) is 9.01. The van der Waals surface area contributed by atoms with Gasteiger partial charge in [0.2, 0.25) is 0 Å². The molecule has 0 unspecified atom stereocenters. The zero-order valence-corrected chi connectivity index (χ0v) is 19.3. The van der Waals surface area contributed by atoms with Gasteiger partial charge in [0.05, 0.1) is 23.3 Å². The third-order valence-corrected chi connectivity index (χ3v) is 6.01. The molecule has 1 saturated heterocycles. The zero-order chi connectivity index (χ0) is 23.4. The van der Waals surface area contributed by atoms with Crippen LogP contribution in [0.3, 0.4) is 0 Å². The second-order valence-corrected chi connectivity index (χ2v) is 8.29. The number of rotatable bonds is 7. The van der Waals surface area contributed by atoms with E-state index in [1.54, 1.807) is 37.4 Å². The fraction of sp³-hybridized carbons (Fsp3) is 0.143. The molecule has 1 aliphatic heterocycles. The minimum atomic E-state index is -1.12. The van der Waals surface area contributed by atoms with Crippen molar-refractivity contribution in [2.45, 2.75) is 0 Å². The number of aliphatic imine (C=N–C) groups is 1. The molecule has 1 heterocycles. The molecule has 3 rings (SSSR count). The minimum absolute atomic E-state index is 0.146. The summed E-state index contributed by atoms with van der Waals surface area (Å²) in [5.74, 6) is -1.84. The van der Waals surface area contributed by atoms with Gasteiger partial charge in [-0.25, -0.2) is 14.6 Å². The molecule has 0 aliphatic carbocycles. The molecule has 1 amide bonds. The van der Waals surface area contributed by atoms with Gasteiger partial charge in [-0.05, 0) is 59.8 Å². The summed E-state index contributed by atoms with van der Waals surface area (Å²) in [5.41, 5.74) is 1.29. The number of nitrogens with zero attached hydrogens (tertiary/aromatic N) is 2. The van der Waals surface area contributed by atoms with Crippen LogP contribution in [0.5, 0.6) is 11.5 Å². The quantitative estimate of drug-likeness (QED) is 0.527. The SMILES string of the molecule is COc1cc(/C=C2\SC(=Nc3ccc(C(=O)O)cc3)N(C)C2=O)c(Br)cc1OCC(=O)O. The van der Waals surface area contributed by atoms with Crippen LogP contribution in [0.2, 0.25) is 0 Å². The van der Waals surface area contributed by atoms with Crippen molar-refractivity contribution in [2.75, 3.05) is 20.8 Å². The number of halogens is 1. The van der Waals surface area contributed by atoms with Crippen molar-refractivity contribution in [2.24, 2.45) is 4.99 Å². The Balaban J connectivity index is 1.88. The largest absolute Gasteiger partial charge is 0.493 e. The van der Waals surface area contributed by atoms with E-state index in [0.29, 0.717) is 31.5 Å². The minimum Gasteiger partial charge on any atom is -0.493 e. The maximum Gasteiger partial charge on any atom is 0.341 e. The number of aliphatic carboxylic acids is 1. The lowest BCUT2D eigenvalue weighted by atomic mass is 10.2. The van der Waals surface area contributed by atoms with Crippen molar-refractivity contribution in [3.63, 3.8) is 0 Å². The predicted octanol–water partition coefficient (Wildman–Crippen LogP) is 3.85. The van der Waals surface area contributed by atoms with E-state index in [9.17, 15) is 14.4 Å². The molecule has 0 aromatic heterocycles. The Labute approximate surface area is 195 Å². The first-order chi connectivity index (χ1) is 15.2. The summed E-state index contributed by atoms with van der Waals surface area (Å²) >= 11 is 4.58. The van der Waals surface area contributed by atoms with Gasteiger partial charge < -0.3 is 19.7 Å². The van der Waals surface area contributed by atoms with E-state index in [0.717, 1.165) is 0 Å². The molecule has 32 heavy (non-hydrogen) atoms. The summed E-state index contributed by atoms with van der Waals surface area (Å²) in [6.45, 7) is -0.518. The standard InChI is InChI=1S/C21H17BrN2O7S/c1-24-19(27)17(32-21(24)23-13-5-3-11(4-6-13)20(28)29)8-12-7-15(30-2)16(9-14(12)22)31-10-18(25)26/h3-9H,10H2,1-2H3,(H,25,26)(H,28,29)/b17-8-,23-21?. The lowest BCUT2D eigenvalue weighted by molar-refractivity contribution is -0.139. The molecule has 9 nitrogen and oxygen atoms in total. The first-order valence-corrected chi connectivity index (χ1v) is 10.6. The van der Waals surface area contributed by atoms with E-state index in [-0.39, 0.29) is 17.2 Å². The van der Waals surface area contributed by atoms with Crippen LogP contribution < -0.4 is 9.47 Å². The van der Waals surface area contributed by atoms with Crippen LogP contribution in [-0.4, -0.2) is 58.9 Å². The molecular formula is C21H17BrN2O7S. The van der Waals surface area contributed by atoms with Gasteiger partial charge in [-0.3, -0.25) is 9.69 Å². The number of benzene rings is 2. The van der Waals surface area contributed by atoms with Gasteiger partial charge in [0, 0.05) is 11.5 Å². The topological polar surface area (TPSA) is 126 Å². The smallest absolute Gasteiger partial charge is 0.341 e. The van der Waals surface area contributed by atoms with Crippen LogP contribution in [0.15, 0.2) is 50.8 Å². The van der Waals surface area contributed by atoms with Gasteiger partial charge in [0.25, 0.3) is 5.91 Å². The Morgan fingerprint density at radius 3 is 2.47 bits per heavy atom. The number of aromatic carboxylic acids is 1. The normalized spacial score (nSPS) is 16.0. The summed E-state index contributed by atoms with van der Waals surface area (Å²) in [7, 11) is 3.02. The van der Waals surface area contributed by atoms with Gasteiger partial charge in [-0.15, -0.1) is 0 Å². The van der Waals surface area contributed by atoms with Crippen LogP contribution in [0.25, 0.3) is 6.08 Å². The number of carboxylic acid groups (broad SMARTS) is 2. The van der Waals surface area contributed by atoms with Crippen LogP contribution in [0, 0.1) is 0 Å². The van der Waals surface area contributed by atoms with Crippen LogP contribution in [0.4, 0.5) is 5.69 Å². The maximum absolute atomic E-state index is 12.7. The second kappa shape index (κ2) is 9.88. The summed E-state index contributed by atoms with van der Waals surface area (Å²) in [6.07, 6.45) is 1.66. The predicted molar refractivity (Wildman–Crippen MR) is 123 cm³/mol. The Bertz CT molecular complexity index is 1150. The van der Waals surface area contributed by atoms with Crippen molar-refractivity contribution in [3.05, 3.63) is 56.9 Å². The average Bonchev–Trinajstić information content (AvgIpc) is 3.01. The van der Waals surface area contributed by atoms with Gasteiger partial charge in [-0.1, -0.05) is 15.9 Å². The summed E-state index contributed by atoms with van der Waals surface area (Å²) in [4.78, 5) is 40.7. The number of ether oxygens (including phenoxy) is 2. The molecule has 11 heteroatoms. The molecule has 1 fully saturated rings. The fourth-order valence-corrected chi connectivity index (χ4v) is 4.07. The molecule has 0 radical (unpaired) electrons. The second-order valence-electron chi connectivity index (χ2n) is 6.43. The van der Waals surface area contributed by atoms with Crippen molar-refractivity contribution in [1.82, 2.24) is 4.90 Å². The highest BCUT2D eigenvalue weighted by Gasteiger charge is 2.30. The number of thioether (sulfide) groups is 1. The van der Waals surface area contributed by atoms with Gasteiger partial charge in [-0.2, -0.15) is 0 Å². The number of carbonyl (C=O) groups excluding carboxylic acids is 1. The van der Waals surface area contributed by atoms with Crippen LogP contribution >= 0.6 is 27.7 Å². The summed E-state index contributed by atoms with van der Waals surface area (Å²) in [5, 5.41) is 18.2. The lowest BCUT2D eigenvalue weighted by Crippen LogP contribution is -2.23. The highest BCUT2D eigenvalue weighted by Crippen LogP contribution is 2.38. The Morgan fingerprint density at radius 1 is 1.19 bits per heavy atom. The number of amides is 1. The highest BCUT2D eigenvalue weighted by atomic mass is 79.9. The van der Waals surface area contributed by atoms with E-state index in [2.05, 4.69) is 20.9 Å². The number of carboxylic acids is 2.